The van der Waals surface area contributed by atoms with Crippen molar-refractivity contribution in [3.63, 3.8) is 0 Å². The summed E-state index contributed by atoms with van der Waals surface area (Å²) < 4.78 is 6.79. The van der Waals surface area contributed by atoms with Crippen LogP contribution in [0.15, 0.2) is 23.0 Å². The predicted octanol–water partition coefficient (Wildman–Crippen LogP) is 1.57. The van der Waals surface area contributed by atoms with Gasteiger partial charge in [0, 0.05) is 13.0 Å². The molecule has 2 fully saturated rings. The lowest BCUT2D eigenvalue weighted by Crippen LogP contribution is -2.51. The fourth-order valence-electron chi connectivity index (χ4n) is 5.13. The van der Waals surface area contributed by atoms with Crippen molar-refractivity contribution < 1.29 is 23.9 Å². The van der Waals surface area contributed by atoms with Gasteiger partial charge in [0.05, 0.1) is 16.5 Å². The second kappa shape index (κ2) is 9.12. The number of benzene rings is 1. The average molecular weight is 482 g/mol. The summed E-state index contributed by atoms with van der Waals surface area (Å²) in [5, 5.41) is 3.78. The molecule has 5 rings (SSSR count). The van der Waals surface area contributed by atoms with Crippen LogP contribution in [-0.4, -0.2) is 50.5 Å². The number of hydrogen-bond acceptors (Lipinski definition) is 7. The van der Waals surface area contributed by atoms with Gasteiger partial charge >= 0.3 is 12.0 Å². The summed E-state index contributed by atoms with van der Waals surface area (Å²) in [5.74, 6) is -1.38. The third-order valence-electron chi connectivity index (χ3n) is 6.99. The molecule has 35 heavy (non-hydrogen) atoms. The van der Waals surface area contributed by atoms with Crippen molar-refractivity contribution in [2.75, 3.05) is 6.61 Å². The van der Waals surface area contributed by atoms with Crippen LogP contribution in [0, 0.1) is 0 Å². The molecule has 2 aliphatic heterocycles. The Bertz CT molecular complexity index is 1280. The Balaban J connectivity index is 1.24. The molecule has 0 bridgehead atoms. The molecular formula is C24H27N5O6. The maximum absolute atomic E-state index is 12.8. The molecular weight excluding hydrogens is 454 g/mol. The zero-order chi connectivity index (χ0) is 24.6. The molecule has 3 heterocycles. The van der Waals surface area contributed by atoms with Crippen molar-refractivity contribution in [1.29, 1.82) is 0 Å². The summed E-state index contributed by atoms with van der Waals surface area (Å²) in [6, 6.07) is 3.78. The van der Waals surface area contributed by atoms with Crippen LogP contribution in [0.5, 0.6) is 0 Å². The Morgan fingerprint density at radius 3 is 2.63 bits per heavy atom. The van der Waals surface area contributed by atoms with E-state index in [0.29, 0.717) is 47.5 Å². The molecule has 1 saturated heterocycles. The number of imide groups is 1. The lowest BCUT2D eigenvalue weighted by atomic mass is 9.82. The third-order valence-corrected chi connectivity index (χ3v) is 6.99. The van der Waals surface area contributed by atoms with Gasteiger partial charge in [-0.3, -0.25) is 24.4 Å². The fourth-order valence-corrected chi connectivity index (χ4v) is 5.13. The molecule has 11 heteroatoms. The van der Waals surface area contributed by atoms with Crippen molar-refractivity contribution in [2.24, 2.45) is 0 Å². The highest BCUT2D eigenvalue weighted by atomic mass is 16.5. The number of aryl methyl sites for hydroxylation is 1. The van der Waals surface area contributed by atoms with Gasteiger partial charge in [-0.1, -0.05) is 25.7 Å². The lowest BCUT2D eigenvalue weighted by Gasteiger charge is -2.30. The van der Waals surface area contributed by atoms with E-state index in [-0.39, 0.29) is 11.1 Å². The first-order valence-electron chi connectivity index (χ1n) is 12.0. The molecule has 1 aliphatic carbocycles. The SMILES string of the molecule is O=C(COC(=O)c1ccc2c(=O)n3c(nc2c1)CCCCC3)NN1C(=O)NC2(CCCCC2)C1=O. The molecule has 0 radical (unpaired) electrons. The van der Waals surface area contributed by atoms with E-state index in [4.69, 9.17) is 4.74 Å². The van der Waals surface area contributed by atoms with Gasteiger partial charge in [0.2, 0.25) is 0 Å². The number of esters is 1. The quantitative estimate of drug-likeness (QED) is 0.499. The predicted molar refractivity (Wildman–Crippen MR) is 123 cm³/mol. The normalized spacial score (nSPS) is 19.3. The van der Waals surface area contributed by atoms with Gasteiger partial charge in [-0.2, -0.15) is 5.01 Å². The number of fused-ring (bicyclic) bond motifs is 2. The molecule has 1 spiro atoms. The number of ether oxygens (including phenoxy) is 1. The topological polar surface area (TPSA) is 140 Å². The Hall–Kier alpha value is -3.76. The highest BCUT2D eigenvalue weighted by molar-refractivity contribution is 6.08. The molecule has 1 saturated carbocycles. The monoisotopic (exact) mass is 481 g/mol. The second-order valence-corrected chi connectivity index (χ2v) is 9.35. The number of hydrazine groups is 1. The highest BCUT2D eigenvalue weighted by Gasteiger charge is 2.52. The number of aromatic nitrogens is 2. The third kappa shape index (κ3) is 4.26. The minimum atomic E-state index is -0.964. The standard InChI is InChI=1S/C24H27N5O6/c30-19(27-29-22(33)24(26-23(29)34)10-4-2-5-11-24)14-35-21(32)15-8-9-16-17(13-15)25-18-7-3-1-6-12-28(18)20(16)31/h8-9,13H,1-7,10-12,14H2,(H,26,34)(H,27,30). The first-order valence-corrected chi connectivity index (χ1v) is 12.0. The van der Waals surface area contributed by atoms with Crippen molar-refractivity contribution in [1.82, 2.24) is 25.3 Å². The van der Waals surface area contributed by atoms with Gasteiger partial charge in [-0.25, -0.2) is 14.6 Å². The van der Waals surface area contributed by atoms with Crippen molar-refractivity contribution in [2.45, 2.75) is 69.9 Å². The number of rotatable bonds is 4. The number of urea groups is 1. The Labute approximate surface area is 200 Å². The number of nitrogens with one attached hydrogen (secondary N) is 2. The second-order valence-electron chi connectivity index (χ2n) is 9.35. The number of hydrogen-bond donors (Lipinski definition) is 2. The maximum atomic E-state index is 12.8. The smallest absolute Gasteiger partial charge is 0.344 e. The van der Waals surface area contributed by atoms with E-state index < -0.39 is 36.0 Å². The zero-order valence-corrected chi connectivity index (χ0v) is 19.3. The number of amides is 4. The number of carbonyl (C=O) groups is 4. The van der Waals surface area contributed by atoms with Crippen LogP contribution in [0.3, 0.4) is 0 Å². The van der Waals surface area contributed by atoms with Crippen LogP contribution in [0.2, 0.25) is 0 Å². The van der Waals surface area contributed by atoms with Crippen molar-refractivity contribution in [3.8, 4) is 0 Å². The summed E-state index contributed by atoms with van der Waals surface area (Å²) in [6.45, 7) is -0.0458. The van der Waals surface area contributed by atoms with E-state index in [9.17, 15) is 24.0 Å². The van der Waals surface area contributed by atoms with Crippen LogP contribution >= 0.6 is 0 Å². The summed E-state index contributed by atoms with van der Waals surface area (Å²) >= 11 is 0. The van der Waals surface area contributed by atoms with E-state index in [2.05, 4.69) is 15.7 Å². The highest BCUT2D eigenvalue weighted by Crippen LogP contribution is 2.33. The maximum Gasteiger partial charge on any atom is 0.344 e. The molecule has 1 aromatic carbocycles. The largest absolute Gasteiger partial charge is 0.452 e. The van der Waals surface area contributed by atoms with Gasteiger partial charge in [0.1, 0.15) is 11.4 Å². The zero-order valence-electron chi connectivity index (χ0n) is 19.3. The van der Waals surface area contributed by atoms with Gasteiger partial charge in [0.15, 0.2) is 6.61 Å². The van der Waals surface area contributed by atoms with Crippen LogP contribution in [0.25, 0.3) is 10.9 Å². The number of nitrogens with zero attached hydrogens (tertiary/aromatic N) is 3. The summed E-state index contributed by atoms with van der Waals surface area (Å²) in [6.07, 6.45) is 7.31. The molecule has 4 amide bonds. The molecule has 2 N–H and O–H groups in total. The molecule has 184 valence electrons. The fraction of sp³-hybridized carbons (Fsp3) is 0.500. The molecule has 1 aromatic heterocycles. The van der Waals surface area contributed by atoms with Gasteiger partial charge in [-0.05, 0) is 43.9 Å². The van der Waals surface area contributed by atoms with Gasteiger partial charge in [0.25, 0.3) is 17.4 Å². The van der Waals surface area contributed by atoms with E-state index in [0.717, 1.165) is 38.5 Å². The van der Waals surface area contributed by atoms with Gasteiger partial charge in [-0.15, -0.1) is 0 Å². The van der Waals surface area contributed by atoms with Crippen LogP contribution < -0.4 is 16.3 Å². The minimum absolute atomic E-state index is 0.129. The van der Waals surface area contributed by atoms with E-state index in [1.165, 1.54) is 18.2 Å². The van der Waals surface area contributed by atoms with E-state index in [1.807, 2.05) is 0 Å². The summed E-state index contributed by atoms with van der Waals surface area (Å²) in [7, 11) is 0. The lowest BCUT2D eigenvalue weighted by molar-refractivity contribution is -0.140. The van der Waals surface area contributed by atoms with E-state index >= 15 is 0 Å². The minimum Gasteiger partial charge on any atom is -0.452 e. The molecule has 0 atom stereocenters. The van der Waals surface area contributed by atoms with E-state index in [1.54, 1.807) is 4.57 Å². The first kappa shape index (κ1) is 23.0. The molecule has 3 aliphatic rings. The van der Waals surface area contributed by atoms with Crippen LogP contribution in [0.1, 0.15) is 67.5 Å². The Kier molecular flexibility index (Phi) is 6.00. The molecule has 0 unspecified atom stereocenters. The Morgan fingerprint density at radius 2 is 1.83 bits per heavy atom. The first-order chi connectivity index (χ1) is 16.9. The number of carbonyl (C=O) groups excluding carboxylic acids is 4. The van der Waals surface area contributed by atoms with Crippen LogP contribution in [-0.2, 0) is 27.3 Å². The molecule has 2 aromatic rings. The summed E-state index contributed by atoms with van der Waals surface area (Å²) in [4.78, 5) is 67.3. The van der Waals surface area contributed by atoms with Crippen molar-refractivity contribution >= 4 is 34.7 Å². The Morgan fingerprint density at radius 1 is 1.06 bits per heavy atom. The van der Waals surface area contributed by atoms with Gasteiger partial charge < -0.3 is 10.1 Å². The van der Waals surface area contributed by atoms with Crippen molar-refractivity contribution in [3.05, 3.63) is 39.9 Å². The van der Waals surface area contributed by atoms with Crippen LogP contribution in [0.4, 0.5) is 4.79 Å². The molecule has 11 nitrogen and oxygen atoms in total. The average Bonchev–Trinajstić information content (AvgIpc) is 3.02. The summed E-state index contributed by atoms with van der Waals surface area (Å²) in [5.41, 5.74) is 1.69.